The molecule has 3 aromatic rings. The molecule has 0 aliphatic heterocycles. The molecular weight excluding hydrogens is 512 g/mol. The Bertz CT molecular complexity index is 1020. The van der Waals surface area contributed by atoms with Gasteiger partial charge < -0.3 is 25.7 Å². The van der Waals surface area contributed by atoms with Gasteiger partial charge in [0.25, 0.3) is 0 Å². The van der Waals surface area contributed by atoms with Gasteiger partial charge in [0.2, 0.25) is 5.91 Å². The van der Waals surface area contributed by atoms with Gasteiger partial charge in [-0.05, 0) is 47.9 Å². The molecule has 0 bridgehead atoms. The third-order valence-corrected chi connectivity index (χ3v) is 4.70. The number of hydrogen-bond donors (Lipinski definition) is 4. The minimum Gasteiger partial charge on any atom is -0.497 e. The highest BCUT2D eigenvalue weighted by Gasteiger charge is 2.07. The van der Waals surface area contributed by atoms with Crippen molar-refractivity contribution in [2.75, 3.05) is 27.2 Å². The number of guanidine groups is 1. The number of amides is 1. The molecule has 4 N–H and O–H groups in total. The largest absolute Gasteiger partial charge is 0.497 e. The number of ether oxygens (including phenoxy) is 1. The van der Waals surface area contributed by atoms with Gasteiger partial charge in [-0.3, -0.25) is 9.79 Å². The third kappa shape index (κ3) is 7.12. The van der Waals surface area contributed by atoms with E-state index >= 15 is 0 Å². The Hall–Kier alpha value is -2.82. The molecule has 9 heteroatoms. The van der Waals surface area contributed by atoms with Crippen molar-refractivity contribution in [3.8, 4) is 5.75 Å². The summed E-state index contributed by atoms with van der Waals surface area (Å²) >= 11 is 0. The van der Waals surface area contributed by atoms with Crippen LogP contribution in [0.3, 0.4) is 0 Å². The van der Waals surface area contributed by atoms with Crippen LogP contribution in [0.25, 0.3) is 10.9 Å². The lowest BCUT2D eigenvalue weighted by Gasteiger charge is -2.12. The summed E-state index contributed by atoms with van der Waals surface area (Å²) in [6, 6.07) is 12.2. The van der Waals surface area contributed by atoms with E-state index in [4.69, 9.17) is 4.74 Å². The summed E-state index contributed by atoms with van der Waals surface area (Å²) in [4.78, 5) is 19.3. The van der Waals surface area contributed by atoms with Crippen LogP contribution >= 0.6 is 24.0 Å². The summed E-state index contributed by atoms with van der Waals surface area (Å²) < 4.78 is 18.6. The van der Waals surface area contributed by atoms with Gasteiger partial charge in [0, 0.05) is 37.2 Å². The summed E-state index contributed by atoms with van der Waals surface area (Å²) in [5.74, 6) is 0.912. The zero-order valence-electron chi connectivity index (χ0n) is 17.5. The molecule has 1 amide bonds. The number of nitrogens with one attached hydrogen (secondary N) is 4. The summed E-state index contributed by atoms with van der Waals surface area (Å²) in [7, 11) is 3.26. The molecule has 0 saturated heterocycles. The van der Waals surface area contributed by atoms with E-state index in [0.717, 1.165) is 27.8 Å². The van der Waals surface area contributed by atoms with Crippen molar-refractivity contribution in [3.05, 3.63) is 65.6 Å². The van der Waals surface area contributed by atoms with Crippen molar-refractivity contribution < 1.29 is 13.9 Å². The van der Waals surface area contributed by atoms with Gasteiger partial charge in [-0.1, -0.05) is 12.1 Å². The monoisotopic (exact) mass is 539 g/mol. The highest BCUT2D eigenvalue weighted by atomic mass is 127. The molecule has 166 valence electrons. The molecule has 0 aliphatic carbocycles. The molecule has 2 aromatic carbocycles. The maximum atomic E-state index is 13.5. The summed E-state index contributed by atoms with van der Waals surface area (Å²) in [6.45, 7) is 1.14. The van der Waals surface area contributed by atoms with Crippen molar-refractivity contribution in [2.45, 2.75) is 13.0 Å². The number of aliphatic imine (C=N–C) groups is 1. The summed E-state index contributed by atoms with van der Waals surface area (Å²) in [6.07, 6.45) is 2.57. The van der Waals surface area contributed by atoms with Crippen LogP contribution in [-0.4, -0.2) is 44.1 Å². The van der Waals surface area contributed by atoms with Gasteiger partial charge in [-0.2, -0.15) is 0 Å². The molecule has 0 spiro atoms. The zero-order valence-corrected chi connectivity index (χ0v) is 19.8. The molecule has 31 heavy (non-hydrogen) atoms. The second-order valence-corrected chi connectivity index (χ2v) is 6.73. The van der Waals surface area contributed by atoms with Gasteiger partial charge in [0.15, 0.2) is 5.96 Å². The Kier molecular flexibility index (Phi) is 9.57. The van der Waals surface area contributed by atoms with Gasteiger partial charge >= 0.3 is 0 Å². The number of fused-ring (bicyclic) bond motifs is 1. The van der Waals surface area contributed by atoms with Gasteiger partial charge in [0.1, 0.15) is 11.6 Å². The molecule has 1 aromatic heterocycles. The lowest BCUT2D eigenvalue weighted by molar-refractivity contribution is -0.120. The first kappa shape index (κ1) is 24.4. The number of methoxy groups -OCH3 is 1. The number of benzene rings is 2. The van der Waals surface area contributed by atoms with Crippen molar-refractivity contribution in [1.82, 2.24) is 20.9 Å². The number of carbonyl (C=O) groups is 1. The van der Waals surface area contributed by atoms with E-state index in [9.17, 15) is 9.18 Å². The molecule has 0 atom stereocenters. The third-order valence-electron chi connectivity index (χ3n) is 4.70. The minimum absolute atomic E-state index is 0. The van der Waals surface area contributed by atoms with Crippen LogP contribution in [0.15, 0.2) is 53.7 Å². The Balaban J connectivity index is 0.00000341. The second-order valence-electron chi connectivity index (χ2n) is 6.73. The maximum absolute atomic E-state index is 13.5. The second kappa shape index (κ2) is 12.1. The Morgan fingerprint density at radius 1 is 1.13 bits per heavy atom. The van der Waals surface area contributed by atoms with E-state index in [-0.39, 0.29) is 42.2 Å². The quantitative estimate of drug-likeness (QED) is 0.201. The van der Waals surface area contributed by atoms with E-state index in [1.165, 1.54) is 12.1 Å². The van der Waals surface area contributed by atoms with E-state index in [1.54, 1.807) is 20.2 Å². The lowest BCUT2D eigenvalue weighted by Crippen LogP contribution is -2.43. The van der Waals surface area contributed by atoms with Gasteiger partial charge in [0.05, 0.1) is 13.7 Å². The van der Waals surface area contributed by atoms with Crippen LogP contribution in [0.2, 0.25) is 0 Å². The molecule has 1 heterocycles. The number of nitrogens with zero attached hydrogens (tertiary/aromatic N) is 1. The minimum atomic E-state index is -0.255. The van der Waals surface area contributed by atoms with E-state index in [0.29, 0.717) is 25.5 Å². The summed E-state index contributed by atoms with van der Waals surface area (Å²) in [5.41, 5.74) is 2.91. The molecule has 0 radical (unpaired) electrons. The van der Waals surface area contributed by atoms with Gasteiger partial charge in [-0.25, -0.2) is 4.39 Å². The number of H-pyrrole nitrogens is 1. The van der Waals surface area contributed by atoms with Crippen LogP contribution in [0.5, 0.6) is 5.75 Å². The van der Waals surface area contributed by atoms with Crippen LogP contribution < -0.4 is 20.7 Å². The van der Waals surface area contributed by atoms with Crippen molar-refractivity contribution in [1.29, 1.82) is 0 Å². The van der Waals surface area contributed by atoms with Gasteiger partial charge in [-0.15, -0.1) is 24.0 Å². The van der Waals surface area contributed by atoms with Crippen LogP contribution in [0.4, 0.5) is 4.39 Å². The first-order valence-corrected chi connectivity index (χ1v) is 9.68. The lowest BCUT2D eigenvalue weighted by atomic mass is 10.1. The number of aromatic amines is 1. The van der Waals surface area contributed by atoms with Crippen molar-refractivity contribution >= 4 is 46.7 Å². The SMILES string of the molecule is CN=C(NCCc1c[nH]c2ccc(F)cc12)NCC(=O)NCc1ccc(OC)cc1.I. The topological polar surface area (TPSA) is 90.5 Å². The fourth-order valence-electron chi connectivity index (χ4n) is 3.06. The predicted octanol–water partition coefficient (Wildman–Crippen LogP) is 2.96. The molecule has 0 saturated carbocycles. The van der Waals surface area contributed by atoms with Crippen LogP contribution in [0, 0.1) is 5.82 Å². The molecular formula is C22H27FIN5O2. The van der Waals surface area contributed by atoms with Crippen LogP contribution in [0.1, 0.15) is 11.1 Å². The highest BCUT2D eigenvalue weighted by Crippen LogP contribution is 2.19. The fourth-order valence-corrected chi connectivity index (χ4v) is 3.06. The average molecular weight is 539 g/mol. The standard InChI is InChI=1S/C22H26FN5O2.HI/c1-24-22(25-10-9-16-13-26-20-8-5-17(23)11-19(16)20)28-14-21(29)27-12-15-3-6-18(30-2)7-4-15;/h3-8,11,13,26H,9-10,12,14H2,1-2H3,(H,27,29)(H2,24,25,28);1H. The molecule has 0 unspecified atom stereocenters. The number of halogens is 2. The molecule has 7 nitrogen and oxygen atoms in total. The average Bonchev–Trinajstić information content (AvgIpc) is 3.17. The first-order valence-electron chi connectivity index (χ1n) is 9.68. The molecule has 0 aliphatic rings. The van der Waals surface area contributed by atoms with E-state index in [2.05, 4.69) is 25.9 Å². The van der Waals surface area contributed by atoms with E-state index < -0.39 is 0 Å². The summed E-state index contributed by atoms with van der Waals surface area (Å²) in [5, 5.41) is 9.88. The molecule has 3 rings (SSSR count). The Morgan fingerprint density at radius 3 is 2.61 bits per heavy atom. The number of hydrogen-bond acceptors (Lipinski definition) is 3. The number of aromatic nitrogens is 1. The number of carbonyl (C=O) groups excluding carboxylic acids is 1. The zero-order chi connectivity index (χ0) is 21.3. The highest BCUT2D eigenvalue weighted by molar-refractivity contribution is 14.0. The maximum Gasteiger partial charge on any atom is 0.239 e. The normalized spacial score (nSPS) is 11.0. The van der Waals surface area contributed by atoms with Crippen molar-refractivity contribution in [3.63, 3.8) is 0 Å². The van der Waals surface area contributed by atoms with E-state index in [1.807, 2.05) is 30.5 Å². The first-order chi connectivity index (χ1) is 14.6. The smallest absolute Gasteiger partial charge is 0.239 e. The Morgan fingerprint density at radius 2 is 1.90 bits per heavy atom. The Labute approximate surface area is 197 Å². The number of rotatable bonds is 8. The predicted molar refractivity (Wildman–Crippen MR) is 132 cm³/mol. The molecule has 0 fully saturated rings. The fraction of sp³-hybridized carbons (Fsp3) is 0.273. The van der Waals surface area contributed by atoms with Crippen molar-refractivity contribution in [2.24, 2.45) is 4.99 Å². The van der Waals surface area contributed by atoms with Crippen LogP contribution in [-0.2, 0) is 17.8 Å².